The van der Waals surface area contributed by atoms with E-state index in [1.165, 1.54) is 17.0 Å². The van der Waals surface area contributed by atoms with Gasteiger partial charge in [0, 0.05) is 28.2 Å². The summed E-state index contributed by atoms with van der Waals surface area (Å²) in [6.07, 6.45) is 0.690. The molecule has 11 heteroatoms. The van der Waals surface area contributed by atoms with Crippen molar-refractivity contribution in [2.45, 2.75) is 57.6 Å². The first-order valence-electron chi connectivity index (χ1n) is 14.9. The molecule has 4 rings (SSSR count). The zero-order valence-corrected chi connectivity index (χ0v) is 28.4. The van der Waals surface area contributed by atoms with Crippen molar-refractivity contribution in [3.05, 3.63) is 118 Å². The zero-order chi connectivity index (χ0) is 33.4. The number of hydrogen-bond donors (Lipinski definition) is 1. The number of halogens is 2. The van der Waals surface area contributed by atoms with Crippen LogP contribution in [0.1, 0.15) is 38.3 Å². The summed E-state index contributed by atoms with van der Waals surface area (Å²) in [5, 5.41) is 3.54. The standard InChI is InChI=1S/C35H37Cl2N3O5S/c1-5-25(3)38-35(42)26(4)39(22-31-32(36)12-9-13-33(31)37)34(41)23-40(46(43,44)30-20-14-24(2)15-21-30)27-16-18-29(19-17-27)45-28-10-7-6-8-11-28/h6-21,25-26H,5,22-23H2,1-4H3,(H,38,42)/t25-,26+/m0/s1. The molecule has 0 saturated carbocycles. The summed E-state index contributed by atoms with van der Waals surface area (Å²) in [7, 11) is -4.24. The third kappa shape index (κ3) is 8.60. The summed E-state index contributed by atoms with van der Waals surface area (Å²) in [6.45, 7) is 6.53. The minimum Gasteiger partial charge on any atom is -0.457 e. The Hall–Kier alpha value is -4.05. The number of nitrogens with one attached hydrogen (secondary N) is 1. The lowest BCUT2D eigenvalue weighted by atomic mass is 10.1. The molecule has 0 aliphatic heterocycles. The van der Waals surface area contributed by atoms with Crippen molar-refractivity contribution in [1.82, 2.24) is 10.2 Å². The van der Waals surface area contributed by atoms with Crippen molar-refractivity contribution in [3.8, 4) is 11.5 Å². The minimum absolute atomic E-state index is 0.0128. The maximum Gasteiger partial charge on any atom is 0.264 e. The number of aryl methyl sites for hydroxylation is 1. The first-order valence-corrected chi connectivity index (χ1v) is 17.1. The van der Waals surface area contributed by atoms with Crippen LogP contribution < -0.4 is 14.4 Å². The normalized spacial score (nSPS) is 12.6. The van der Waals surface area contributed by atoms with Crippen LogP contribution in [0.25, 0.3) is 0 Å². The van der Waals surface area contributed by atoms with Gasteiger partial charge in [-0.2, -0.15) is 0 Å². The number of benzene rings is 4. The largest absolute Gasteiger partial charge is 0.457 e. The molecule has 0 heterocycles. The number of sulfonamides is 1. The number of rotatable bonds is 13. The quantitative estimate of drug-likeness (QED) is 0.157. The number of amides is 2. The van der Waals surface area contributed by atoms with E-state index in [-0.39, 0.29) is 29.1 Å². The molecule has 0 unspecified atom stereocenters. The van der Waals surface area contributed by atoms with Crippen LogP contribution in [0.4, 0.5) is 5.69 Å². The van der Waals surface area contributed by atoms with E-state index >= 15 is 0 Å². The highest BCUT2D eigenvalue weighted by molar-refractivity contribution is 7.92. The maximum absolute atomic E-state index is 14.2. The average Bonchev–Trinajstić information content (AvgIpc) is 3.04. The van der Waals surface area contributed by atoms with Crippen LogP contribution in [0, 0.1) is 6.92 Å². The van der Waals surface area contributed by atoms with E-state index in [2.05, 4.69) is 5.32 Å². The molecule has 0 radical (unpaired) electrons. The zero-order valence-electron chi connectivity index (χ0n) is 26.1. The van der Waals surface area contributed by atoms with E-state index in [4.69, 9.17) is 27.9 Å². The lowest BCUT2D eigenvalue weighted by Crippen LogP contribution is -2.52. The van der Waals surface area contributed by atoms with Gasteiger partial charge in [0.2, 0.25) is 11.8 Å². The predicted molar refractivity (Wildman–Crippen MR) is 183 cm³/mol. The number of nitrogens with zero attached hydrogens (tertiary/aromatic N) is 2. The Balaban J connectivity index is 1.73. The van der Waals surface area contributed by atoms with E-state index in [1.54, 1.807) is 73.7 Å². The number of anilines is 1. The molecule has 0 spiro atoms. The molecule has 4 aromatic rings. The number of carbonyl (C=O) groups is 2. The van der Waals surface area contributed by atoms with E-state index in [9.17, 15) is 18.0 Å². The number of para-hydroxylation sites is 1. The van der Waals surface area contributed by atoms with Gasteiger partial charge in [0.05, 0.1) is 10.6 Å². The molecule has 1 N–H and O–H groups in total. The molecule has 2 atom stereocenters. The second kappa shape index (κ2) is 15.5. The first kappa shape index (κ1) is 34.8. The van der Waals surface area contributed by atoms with Gasteiger partial charge >= 0.3 is 0 Å². The number of carbonyl (C=O) groups excluding carboxylic acids is 2. The Morgan fingerprint density at radius 2 is 1.41 bits per heavy atom. The van der Waals surface area contributed by atoms with Gasteiger partial charge < -0.3 is 15.0 Å². The fourth-order valence-electron chi connectivity index (χ4n) is 4.57. The summed E-state index contributed by atoms with van der Waals surface area (Å²) >= 11 is 12.9. The second-order valence-corrected chi connectivity index (χ2v) is 13.6. The Morgan fingerprint density at radius 3 is 2.00 bits per heavy atom. The number of ether oxygens (including phenoxy) is 1. The lowest BCUT2D eigenvalue weighted by Gasteiger charge is -2.33. The molecular formula is C35H37Cl2N3O5S. The van der Waals surface area contributed by atoms with Gasteiger partial charge in [-0.1, -0.05) is 72.1 Å². The van der Waals surface area contributed by atoms with Crippen LogP contribution >= 0.6 is 23.2 Å². The topological polar surface area (TPSA) is 96.0 Å². The predicted octanol–water partition coefficient (Wildman–Crippen LogP) is 7.62. The Labute approximate surface area is 280 Å². The number of hydrogen-bond acceptors (Lipinski definition) is 5. The molecule has 0 aliphatic carbocycles. The fourth-order valence-corrected chi connectivity index (χ4v) is 6.50. The van der Waals surface area contributed by atoms with Gasteiger partial charge in [-0.3, -0.25) is 13.9 Å². The summed E-state index contributed by atoms with van der Waals surface area (Å²) < 4.78 is 35.2. The average molecular weight is 683 g/mol. The summed E-state index contributed by atoms with van der Waals surface area (Å²) in [6, 6.07) is 25.8. The van der Waals surface area contributed by atoms with Crippen LogP contribution in [0.3, 0.4) is 0 Å². The van der Waals surface area contributed by atoms with Crippen molar-refractivity contribution in [2.24, 2.45) is 0 Å². The van der Waals surface area contributed by atoms with Crippen molar-refractivity contribution < 1.29 is 22.7 Å². The SMILES string of the molecule is CC[C@H](C)NC(=O)[C@@H](C)N(Cc1c(Cl)cccc1Cl)C(=O)CN(c1ccc(Oc2ccccc2)cc1)S(=O)(=O)c1ccc(C)cc1. The van der Waals surface area contributed by atoms with Crippen LogP contribution in [-0.4, -0.2) is 43.8 Å². The third-order valence-electron chi connectivity index (χ3n) is 7.55. The molecule has 0 saturated heterocycles. The van der Waals surface area contributed by atoms with Gasteiger partial charge in [0.15, 0.2) is 0 Å². The van der Waals surface area contributed by atoms with Crippen LogP contribution in [-0.2, 0) is 26.2 Å². The minimum atomic E-state index is -4.24. The highest BCUT2D eigenvalue weighted by atomic mass is 35.5. The lowest BCUT2D eigenvalue weighted by molar-refractivity contribution is -0.139. The molecule has 0 fully saturated rings. The van der Waals surface area contributed by atoms with Gasteiger partial charge in [-0.25, -0.2) is 8.42 Å². The van der Waals surface area contributed by atoms with Crippen LogP contribution in [0.2, 0.25) is 10.0 Å². The molecule has 8 nitrogen and oxygen atoms in total. The molecule has 242 valence electrons. The Kier molecular flexibility index (Phi) is 11.7. The monoisotopic (exact) mass is 681 g/mol. The van der Waals surface area contributed by atoms with Gasteiger partial charge in [-0.15, -0.1) is 0 Å². The smallest absolute Gasteiger partial charge is 0.264 e. The molecule has 0 aliphatic rings. The molecule has 0 aromatic heterocycles. The van der Waals surface area contributed by atoms with E-state index in [0.717, 1.165) is 9.87 Å². The highest BCUT2D eigenvalue weighted by Crippen LogP contribution is 2.30. The van der Waals surface area contributed by atoms with Crippen molar-refractivity contribution in [3.63, 3.8) is 0 Å². The summed E-state index contributed by atoms with van der Waals surface area (Å²) in [5.41, 5.74) is 1.56. The van der Waals surface area contributed by atoms with Crippen molar-refractivity contribution in [2.75, 3.05) is 10.8 Å². The van der Waals surface area contributed by atoms with Crippen LogP contribution in [0.15, 0.2) is 102 Å². The summed E-state index contributed by atoms with van der Waals surface area (Å²) in [5.74, 6) is 0.0942. The molecule has 2 amide bonds. The fraction of sp³-hybridized carbons (Fsp3) is 0.257. The Bertz CT molecular complexity index is 1730. The molecule has 46 heavy (non-hydrogen) atoms. The first-order chi connectivity index (χ1) is 21.9. The summed E-state index contributed by atoms with van der Waals surface area (Å²) in [4.78, 5) is 28.8. The molecule has 0 bridgehead atoms. The maximum atomic E-state index is 14.2. The Morgan fingerprint density at radius 1 is 0.826 bits per heavy atom. The van der Waals surface area contributed by atoms with Crippen LogP contribution in [0.5, 0.6) is 11.5 Å². The molecular weight excluding hydrogens is 645 g/mol. The highest BCUT2D eigenvalue weighted by Gasteiger charge is 2.33. The van der Waals surface area contributed by atoms with Crippen molar-refractivity contribution >= 4 is 50.7 Å². The van der Waals surface area contributed by atoms with Gasteiger partial charge in [-0.05, 0) is 87.9 Å². The van der Waals surface area contributed by atoms with Gasteiger partial charge in [0.25, 0.3) is 10.0 Å². The molecule has 4 aromatic carbocycles. The van der Waals surface area contributed by atoms with E-state index in [1.807, 2.05) is 39.0 Å². The third-order valence-corrected chi connectivity index (χ3v) is 10.0. The van der Waals surface area contributed by atoms with Gasteiger partial charge in [0.1, 0.15) is 24.1 Å². The van der Waals surface area contributed by atoms with Crippen molar-refractivity contribution in [1.29, 1.82) is 0 Å². The second-order valence-electron chi connectivity index (χ2n) is 10.9. The van der Waals surface area contributed by atoms with E-state index < -0.39 is 28.5 Å². The van der Waals surface area contributed by atoms with E-state index in [0.29, 0.717) is 33.5 Å².